The molecule has 1 atom stereocenters. The molecule has 4 rings (SSSR count). The van der Waals surface area contributed by atoms with Gasteiger partial charge in [-0.1, -0.05) is 92.2 Å². The molecule has 1 unspecified atom stereocenters. The first-order valence-electron chi connectivity index (χ1n) is 9.10. The molecule has 3 aromatic rings. The van der Waals surface area contributed by atoms with Crippen LogP contribution in [0.3, 0.4) is 0 Å². The second-order valence-corrected chi connectivity index (χ2v) is 6.87. The van der Waals surface area contributed by atoms with E-state index in [1.807, 2.05) is 30.3 Å². The molecule has 0 aliphatic heterocycles. The normalized spacial score (nSPS) is 14.0. The quantitative estimate of drug-likeness (QED) is 0.534. The Hall–Kier alpha value is -2.67. The Balaban J connectivity index is 1.71. The van der Waals surface area contributed by atoms with Gasteiger partial charge in [-0.05, 0) is 40.2 Å². The molecule has 1 N–H and O–H groups in total. The van der Waals surface area contributed by atoms with Gasteiger partial charge in [0.25, 0.3) is 0 Å². The Morgan fingerprint density at radius 2 is 1.32 bits per heavy atom. The van der Waals surface area contributed by atoms with Crippen molar-refractivity contribution < 1.29 is 0 Å². The average Bonchev–Trinajstić information content (AvgIpc) is 3.01. The molecule has 0 radical (unpaired) electrons. The summed E-state index contributed by atoms with van der Waals surface area (Å²) in [4.78, 5) is 0. The van der Waals surface area contributed by atoms with Crippen LogP contribution in [-0.4, -0.2) is 5.71 Å². The summed E-state index contributed by atoms with van der Waals surface area (Å²) in [5.41, 5.74) is 7.38. The van der Waals surface area contributed by atoms with Crippen LogP contribution in [-0.2, 0) is 0 Å². The fourth-order valence-electron chi connectivity index (χ4n) is 4.22. The van der Waals surface area contributed by atoms with Gasteiger partial charge in [0.15, 0.2) is 0 Å². The van der Waals surface area contributed by atoms with Gasteiger partial charge in [0.05, 0.1) is 0 Å². The predicted molar refractivity (Wildman–Crippen MR) is 105 cm³/mol. The van der Waals surface area contributed by atoms with Gasteiger partial charge in [-0.3, -0.25) is 0 Å². The van der Waals surface area contributed by atoms with Crippen molar-refractivity contribution in [2.24, 2.45) is 5.92 Å². The molecule has 1 heteroatoms. The Labute approximate surface area is 149 Å². The topological polar surface area (TPSA) is 23.9 Å². The first-order chi connectivity index (χ1) is 12.3. The molecule has 1 aliphatic rings. The van der Waals surface area contributed by atoms with Crippen LogP contribution in [0.25, 0.3) is 11.1 Å². The largest absolute Gasteiger partial charge is 0.305 e. The van der Waals surface area contributed by atoms with Crippen molar-refractivity contribution in [3.8, 4) is 11.1 Å². The Bertz CT molecular complexity index is 849. The van der Waals surface area contributed by atoms with Crippen LogP contribution in [0.5, 0.6) is 0 Å². The number of rotatable bonds is 5. The molecule has 0 amide bonds. The van der Waals surface area contributed by atoms with E-state index in [9.17, 15) is 0 Å². The zero-order valence-corrected chi connectivity index (χ0v) is 14.6. The van der Waals surface area contributed by atoms with Crippen LogP contribution in [0, 0.1) is 11.3 Å². The third-order valence-corrected chi connectivity index (χ3v) is 5.47. The number of benzene rings is 3. The van der Waals surface area contributed by atoms with Crippen LogP contribution in [0.4, 0.5) is 0 Å². The third kappa shape index (κ3) is 2.80. The van der Waals surface area contributed by atoms with E-state index >= 15 is 0 Å². The van der Waals surface area contributed by atoms with Crippen LogP contribution in [0.2, 0.25) is 0 Å². The molecule has 0 aromatic heterocycles. The van der Waals surface area contributed by atoms with Gasteiger partial charge in [0.2, 0.25) is 0 Å². The molecule has 0 heterocycles. The van der Waals surface area contributed by atoms with Crippen molar-refractivity contribution in [1.82, 2.24) is 0 Å². The van der Waals surface area contributed by atoms with Crippen molar-refractivity contribution in [3.05, 3.63) is 95.6 Å². The van der Waals surface area contributed by atoms with E-state index in [1.165, 1.54) is 22.3 Å². The number of fused-ring (bicyclic) bond motifs is 3. The van der Waals surface area contributed by atoms with Gasteiger partial charge in [-0.15, -0.1) is 0 Å². The van der Waals surface area contributed by atoms with Crippen molar-refractivity contribution >= 4 is 5.71 Å². The molecule has 0 saturated heterocycles. The molecule has 0 spiro atoms. The highest BCUT2D eigenvalue weighted by atomic mass is 14.4. The Morgan fingerprint density at radius 1 is 0.800 bits per heavy atom. The van der Waals surface area contributed by atoms with Crippen LogP contribution >= 0.6 is 0 Å². The monoisotopic (exact) mass is 325 g/mol. The molecule has 1 nitrogen and oxygen atoms in total. The summed E-state index contributed by atoms with van der Waals surface area (Å²) in [6, 6.07) is 27.7. The smallest absolute Gasteiger partial charge is 0.0389 e. The van der Waals surface area contributed by atoms with Crippen molar-refractivity contribution in [2.45, 2.75) is 25.7 Å². The summed E-state index contributed by atoms with van der Waals surface area (Å²) in [6.07, 6.45) is 1.89. The minimum atomic E-state index is 0.390. The SMILES string of the molecule is CCC(CC(=N)c1ccccc1)C1c2ccccc2-c2ccccc21. The zero-order valence-electron chi connectivity index (χ0n) is 14.6. The fourth-order valence-corrected chi connectivity index (χ4v) is 4.22. The second kappa shape index (κ2) is 6.68. The van der Waals surface area contributed by atoms with Gasteiger partial charge >= 0.3 is 0 Å². The fraction of sp³-hybridized carbons (Fsp3) is 0.208. The maximum atomic E-state index is 8.60. The molecular weight excluding hydrogens is 302 g/mol. The van der Waals surface area contributed by atoms with E-state index in [1.54, 1.807) is 0 Å². The van der Waals surface area contributed by atoms with E-state index in [-0.39, 0.29) is 0 Å². The standard InChI is InChI=1S/C24H23N/c1-2-17(16-23(25)18-10-4-3-5-11-18)24-21-14-8-6-12-19(21)20-13-7-9-15-22(20)24/h3-15,17,24-25H,2,16H2,1H3. The highest BCUT2D eigenvalue weighted by Crippen LogP contribution is 2.49. The number of nitrogens with one attached hydrogen (secondary N) is 1. The summed E-state index contributed by atoms with van der Waals surface area (Å²) < 4.78 is 0. The van der Waals surface area contributed by atoms with E-state index in [2.05, 4.69) is 55.5 Å². The molecule has 3 aromatic carbocycles. The molecule has 0 saturated carbocycles. The molecule has 25 heavy (non-hydrogen) atoms. The summed E-state index contributed by atoms with van der Waals surface area (Å²) in [5.74, 6) is 0.832. The lowest BCUT2D eigenvalue weighted by Crippen LogP contribution is -2.16. The number of hydrogen-bond donors (Lipinski definition) is 1. The average molecular weight is 325 g/mol. The minimum absolute atomic E-state index is 0.390. The molecular formula is C24H23N. The zero-order chi connectivity index (χ0) is 17.2. The van der Waals surface area contributed by atoms with Crippen LogP contribution in [0.15, 0.2) is 78.9 Å². The molecule has 0 bridgehead atoms. The van der Waals surface area contributed by atoms with E-state index < -0.39 is 0 Å². The maximum absolute atomic E-state index is 8.60. The first-order valence-corrected chi connectivity index (χ1v) is 9.10. The lowest BCUT2D eigenvalue weighted by atomic mass is 9.79. The van der Waals surface area contributed by atoms with Crippen LogP contribution in [0.1, 0.15) is 42.4 Å². The maximum Gasteiger partial charge on any atom is 0.0389 e. The molecule has 124 valence electrons. The number of hydrogen-bond acceptors (Lipinski definition) is 1. The van der Waals surface area contributed by atoms with E-state index in [0.717, 1.165) is 24.1 Å². The van der Waals surface area contributed by atoms with E-state index in [4.69, 9.17) is 5.41 Å². The van der Waals surface area contributed by atoms with Crippen molar-refractivity contribution in [2.75, 3.05) is 0 Å². The highest BCUT2D eigenvalue weighted by molar-refractivity contribution is 5.98. The minimum Gasteiger partial charge on any atom is -0.305 e. The van der Waals surface area contributed by atoms with Gasteiger partial charge < -0.3 is 5.41 Å². The summed E-state index contributed by atoms with van der Waals surface area (Å²) in [7, 11) is 0. The predicted octanol–water partition coefficient (Wildman–Crippen LogP) is 6.28. The van der Waals surface area contributed by atoms with Crippen molar-refractivity contribution in [1.29, 1.82) is 5.41 Å². The first kappa shape index (κ1) is 15.8. The van der Waals surface area contributed by atoms with Gasteiger partial charge in [0, 0.05) is 11.6 Å². The second-order valence-electron chi connectivity index (χ2n) is 6.87. The van der Waals surface area contributed by atoms with Crippen LogP contribution < -0.4 is 0 Å². The summed E-state index contributed by atoms with van der Waals surface area (Å²) in [5, 5.41) is 8.60. The third-order valence-electron chi connectivity index (χ3n) is 5.47. The van der Waals surface area contributed by atoms with Gasteiger partial charge in [-0.25, -0.2) is 0 Å². The lowest BCUT2D eigenvalue weighted by molar-refractivity contribution is 0.474. The Morgan fingerprint density at radius 3 is 1.88 bits per heavy atom. The van der Waals surface area contributed by atoms with Gasteiger partial charge in [0.1, 0.15) is 0 Å². The molecule has 0 fully saturated rings. The van der Waals surface area contributed by atoms with E-state index in [0.29, 0.717) is 11.8 Å². The molecule has 1 aliphatic carbocycles. The summed E-state index contributed by atoms with van der Waals surface area (Å²) in [6.45, 7) is 2.26. The van der Waals surface area contributed by atoms with Gasteiger partial charge in [-0.2, -0.15) is 0 Å². The van der Waals surface area contributed by atoms with Crippen molar-refractivity contribution in [3.63, 3.8) is 0 Å². The highest BCUT2D eigenvalue weighted by Gasteiger charge is 2.33. The lowest BCUT2D eigenvalue weighted by Gasteiger charge is -2.25. The summed E-state index contributed by atoms with van der Waals surface area (Å²) >= 11 is 0. The Kier molecular flexibility index (Phi) is 4.23.